The molecule has 3 aliphatic rings. The summed E-state index contributed by atoms with van der Waals surface area (Å²) >= 11 is 0. The number of allylic oxidation sites excluding steroid dienone is 2. The lowest BCUT2D eigenvalue weighted by Gasteiger charge is -2.24. The van der Waals surface area contributed by atoms with E-state index in [0.717, 1.165) is 12.0 Å². The van der Waals surface area contributed by atoms with Crippen LogP contribution in [0.5, 0.6) is 0 Å². The van der Waals surface area contributed by atoms with Crippen molar-refractivity contribution in [1.82, 2.24) is 4.90 Å². The molecule has 4 atom stereocenters. The molecule has 7 nitrogen and oxygen atoms in total. The second-order valence-corrected chi connectivity index (χ2v) is 7.06. The third kappa shape index (κ3) is 2.94. The van der Waals surface area contributed by atoms with Gasteiger partial charge in [0.2, 0.25) is 5.91 Å². The van der Waals surface area contributed by atoms with E-state index in [2.05, 4.69) is 5.32 Å². The number of hydrogen-bond acceptors (Lipinski definition) is 4. The Morgan fingerprint density at radius 1 is 1.15 bits per heavy atom. The molecule has 0 radical (unpaired) electrons. The lowest BCUT2D eigenvalue weighted by molar-refractivity contribution is -0.146. The summed E-state index contributed by atoms with van der Waals surface area (Å²) in [6.07, 6.45) is 4.31. The number of ether oxygens (including phenoxy) is 1. The van der Waals surface area contributed by atoms with Crippen molar-refractivity contribution in [2.24, 2.45) is 23.7 Å². The summed E-state index contributed by atoms with van der Waals surface area (Å²) in [6.45, 7) is 1.45. The van der Waals surface area contributed by atoms with Gasteiger partial charge in [0.15, 0.2) is 0 Å². The van der Waals surface area contributed by atoms with Crippen LogP contribution in [-0.2, 0) is 20.9 Å². The molecule has 26 heavy (non-hydrogen) atoms. The lowest BCUT2D eigenvalue weighted by atomic mass is 9.82. The number of benzene rings is 1. The topological polar surface area (TPSA) is 95.9 Å². The van der Waals surface area contributed by atoms with Crippen molar-refractivity contribution in [2.75, 3.05) is 18.5 Å². The molecule has 136 valence electrons. The van der Waals surface area contributed by atoms with Crippen molar-refractivity contribution < 1.29 is 24.2 Å². The van der Waals surface area contributed by atoms with E-state index >= 15 is 0 Å². The number of nitrogens with one attached hydrogen (secondary N) is 1. The first-order valence-electron chi connectivity index (χ1n) is 8.75. The van der Waals surface area contributed by atoms with Crippen molar-refractivity contribution >= 4 is 23.7 Å². The van der Waals surface area contributed by atoms with Crippen LogP contribution in [0.2, 0.25) is 0 Å². The van der Waals surface area contributed by atoms with Gasteiger partial charge < -0.3 is 20.1 Å². The number of anilines is 1. The smallest absolute Gasteiger partial charge is 0.410 e. The Hall–Kier alpha value is -2.83. The molecule has 0 unspecified atom stereocenters. The maximum atomic E-state index is 12.6. The van der Waals surface area contributed by atoms with Gasteiger partial charge >= 0.3 is 12.1 Å². The lowest BCUT2D eigenvalue weighted by Crippen LogP contribution is -2.36. The highest BCUT2D eigenvalue weighted by Gasteiger charge is 2.51. The number of amides is 2. The van der Waals surface area contributed by atoms with Crippen LogP contribution in [-0.4, -0.2) is 41.1 Å². The fourth-order valence-corrected chi connectivity index (χ4v) is 4.23. The minimum absolute atomic E-state index is 0.00144. The van der Waals surface area contributed by atoms with E-state index in [9.17, 15) is 19.5 Å². The maximum Gasteiger partial charge on any atom is 0.410 e. The van der Waals surface area contributed by atoms with Crippen molar-refractivity contribution in [1.29, 1.82) is 0 Å². The molecule has 1 saturated carbocycles. The van der Waals surface area contributed by atoms with E-state index in [1.54, 1.807) is 17.0 Å². The molecule has 4 rings (SSSR count). The van der Waals surface area contributed by atoms with Crippen molar-refractivity contribution in [3.8, 4) is 0 Å². The van der Waals surface area contributed by atoms with E-state index < -0.39 is 17.8 Å². The van der Waals surface area contributed by atoms with E-state index in [1.807, 2.05) is 24.3 Å². The first-order chi connectivity index (χ1) is 12.5. The molecule has 7 heteroatoms. The standard InChI is InChI=1S/C19H20N2O5/c22-17(15-12-3-4-13(9-12)16(15)18(23)24)20-14-5-1-11(2-6-14)10-21-7-8-26-19(21)25/h1-6,12-13,15-16H,7-10H2,(H,20,22)(H,23,24)/t12-,13-,15-,16-/m0/s1. The minimum Gasteiger partial charge on any atom is -0.481 e. The summed E-state index contributed by atoms with van der Waals surface area (Å²) in [5.74, 6) is -2.37. The van der Waals surface area contributed by atoms with Gasteiger partial charge in [0.25, 0.3) is 0 Å². The number of hydrogen-bond donors (Lipinski definition) is 2. The average Bonchev–Trinajstić information content (AvgIpc) is 3.33. The predicted molar refractivity (Wildman–Crippen MR) is 92.2 cm³/mol. The number of fused-ring (bicyclic) bond motifs is 2. The minimum atomic E-state index is -0.908. The van der Waals surface area contributed by atoms with Crippen LogP contribution >= 0.6 is 0 Å². The Balaban J connectivity index is 1.41. The van der Waals surface area contributed by atoms with Crippen LogP contribution in [0.15, 0.2) is 36.4 Å². The van der Waals surface area contributed by atoms with Gasteiger partial charge in [0.05, 0.1) is 18.4 Å². The number of cyclic esters (lactones) is 1. The monoisotopic (exact) mass is 356 g/mol. The molecule has 0 aromatic heterocycles. The maximum absolute atomic E-state index is 12.6. The number of carbonyl (C=O) groups excluding carboxylic acids is 2. The summed E-state index contributed by atoms with van der Waals surface area (Å²) in [7, 11) is 0. The summed E-state index contributed by atoms with van der Waals surface area (Å²) in [6, 6.07) is 7.23. The van der Waals surface area contributed by atoms with Gasteiger partial charge in [-0.1, -0.05) is 24.3 Å². The number of rotatable bonds is 5. The summed E-state index contributed by atoms with van der Waals surface area (Å²) < 4.78 is 4.90. The van der Waals surface area contributed by atoms with Crippen molar-refractivity contribution in [3.05, 3.63) is 42.0 Å². The van der Waals surface area contributed by atoms with Crippen LogP contribution < -0.4 is 5.32 Å². The SMILES string of the molecule is O=C(O)[C@@H]1[C@@H](C(=O)Nc2ccc(CN3CCOC3=O)cc2)[C@H]2C=C[C@H]1C2. The molecule has 2 aliphatic carbocycles. The van der Waals surface area contributed by atoms with E-state index in [1.165, 1.54) is 0 Å². The summed E-state index contributed by atoms with van der Waals surface area (Å²) in [5, 5.41) is 12.3. The van der Waals surface area contributed by atoms with Crippen LogP contribution in [0.1, 0.15) is 12.0 Å². The van der Waals surface area contributed by atoms with E-state index in [0.29, 0.717) is 25.4 Å². The zero-order chi connectivity index (χ0) is 18.3. The molecule has 1 heterocycles. The Morgan fingerprint density at radius 2 is 1.85 bits per heavy atom. The molecular weight excluding hydrogens is 336 g/mol. The molecule has 0 spiro atoms. The van der Waals surface area contributed by atoms with Crippen LogP contribution in [0.3, 0.4) is 0 Å². The first kappa shape index (κ1) is 16.6. The van der Waals surface area contributed by atoms with E-state index in [-0.39, 0.29) is 23.8 Å². The fourth-order valence-electron chi connectivity index (χ4n) is 4.23. The molecule has 2 bridgehead atoms. The molecule has 2 amide bonds. The van der Waals surface area contributed by atoms with Crippen LogP contribution in [0.4, 0.5) is 10.5 Å². The Labute approximate surface area is 150 Å². The molecule has 1 saturated heterocycles. The Morgan fingerprint density at radius 3 is 2.46 bits per heavy atom. The van der Waals surface area contributed by atoms with Crippen LogP contribution in [0, 0.1) is 23.7 Å². The largest absolute Gasteiger partial charge is 0.481 e. The Kier molecular flexibility index (Phi) is 4.14. The van der Waals surface area contributed by atoms with Crippen LogP contribution in [0.25, 0.3) is 0 Å². The van der Waals surface area contributed by atoms with Gasteiger partial charge in [-0.05, 0) is 36.0 Å². The molecule has 1 aliphatic heterocycles. The van der Waals surface area contributed by atoms with Gasteiger partial charge in [0.1, 0.15) is 6.61 Å². The number of nitrogens with zero attached hydrogens (tertiary/aromatic N) is 1. The molecule has 1 aromatic rings. The average molecular weight is 356 g/mol. The van der Waals surface area contributed by atoms with E-state index in [4.69, 9.17) is 4.74 Å². The zero-order valence-corrected chi connectivity index (χ0v) is 14.1. The number of aliphatic carboxylic acids is 1. The zero-order valence-electron chi connectivity index (χ0n) is 14.1. The van der Waals surface area contributed by atoms with Gasteiger partial charge in [0, 0.05) is 12.2 Å². The number of carbonyl (C=O) groups is 3. The quantitative estimate of drug-likeness (QED) is 0.788. The molecule has 2 N–H and O–H groups in total. The number of carboxylic acids is 1. The molecular formula is C19H20N2O5. The second kappa shape index (κ2) is 6.48. The fraction of sp³-hybridized carbons (Fsp3) is 0.421. The Bertz CT molecular complexity index is 773. The normalized spacial score (nSPS) is 29.1. The van der Waals surface area contributed by atoms with Gasteiger partial charge in [-0.3, -0.25) is 9.59 Å². The second-order valence-electron chi connectivity index (χ2n) is 7.06. The third-order valence-corrected chi connectivity index (χ3v) is 5.49. The number of carboxylic acid groups (broad SMARTS) is 1. The highest BCUT2D eigenvalue weighted by Crippen LogP contribution is 2.48. The highest BCUT2D eigenvalue weighted by atomic mass is 16.6. The highest BCUT2D eigenvalue weighted by molar-refractivity contribution is 5.96. The predicted octanol–water partition coefficient (Wildman–Crippen LogP) is 2.10. The van der Waals surface area contributed by atoms with Crippen molar-refractivity contribution in [3.63, 3.8) is 0 Å². The third-order valence-electron chi connectivity index (χ3n) is 5.49. The van der Waals surface area contributed by atoms with Gasteiger partial charge in [-0.2, -0.15) is 0 Å². The van der Waals surface area contributed by atoms with Crippen molar-refractivity contribution in [2.45, 2.75) is 13.0 Å². The summed E-state index contributed by atoms with van der Waals surface area (Å²) in [4.78, 5) is 37.3. The van der Waals surface area contributed by atoms with Gasteiger partial charge in [-0.25, -0.2) is 4.79 Å². The molecule has 2 fully saturated rings. The first-order valence-corrected chi connectivity index (χ1v) is 8.75. The van der Waals surface area contributed by atoms with Gasteiger partial charge in [-0.15, -0.1) is 0 Å². The summed E-state index contributed by atoms with van der Waals surface area (Å²) in [5.41, 5.74) is 1.56. The molecule has 1 aromatic carbocycles.